The van der Waals surface area contributed by atoms with Gasteiger partial charge in [0.05, 0.1) is 0 Å². The molecule has 0 bridgehead atoms. The third-order valence-electron chi connectivity index (χ3n) is 0.721. The van der Waals surface area contributed by atoms with Crippen molar-refractivity contribution in [1.29, 1.82) is 0 Å². The monoisotopic (exact) mass is 140 g/mol. The Morgan fingerprint density at radius 2 is 2.50 bits per heavy atom. The molecule has 0 fully saturated rings. The number of hydrogen-bond acceptors (Lipinski definition) is 2. The lowest BCUT2D eigenvalue weighted by atomic mass is 10.4. The number of rotatable bonds is 0. The molecule has 0 aliphatic carbocycles. The summed E-state index contributed by atoms with van der Waals surface area (Å²) in [7, 11) is 0. The Morgan fingerprint density at radius 3 is 3.00 bits per heavy atom. The third-order valence-corrected chi connectivity index (χ3v) is 1.52. The van der Waals surface area contributed by atoms with E-state index in [1.54, 1.807) is 11.3 Å². The molecule has 0 spiro atoms. The molecule has 0 aliphatic rings. The van der Waals surface area contributed by atoms with Crippen molar-refractivity contribution >= 4 is 24.0 Å². The fraction of sp³-hybridized carbons (Fsp3) is 0. The molecule has 0 amide bonds. The van der Waals surface area contributed by atoms with Gasteiger partial charge in [-0.25, -0.2) is 0 Å². The van der Waals surface area contributed by atoms with E-state index in [4.69, 9.17) is 0 Å². The van der Waals surface area contributed by atoms with E-state index in [0.717, 1.165) is 5.56 Å². The van der Waals surface area contributed by atoms with Crippen LogP contribution in [0.5, 0.6) is 0 Å². The van der Waals surface area contributed by atoms with Crippen LogP contribution in [0.4, 0.5) is 0 Å². The highest BCUT2D eigenvalue weighted by Gasteiger charge is 1.80. The van der Waals surface area contributed by atoms with Gasteiger partial charge in [-0.2, -0.15) is 11.3 Å². The Balaban J connectivity index is 2.88. The van der Waals surface area contributed by atoms with Gasteiger partial charge in [-0.1, -0.05) is 18.5 Å². The van der Waals surface area contributed by atoms with Crippen molar-refractivity contribution in [2.24, 2.45) is 0 Å². The molecule has 8 heavy (non-hydrogen) atoms. The quantitative estimate of drug-likeness (QED) is 0.413. The lowest BCUT2D eigenvalue weighted by Gasteiger charge is -1.68. The van der Waals surface area contributed by atoms with Crippen LogP contribution in [-0.4, -0.2) is 0 Å². The predicted octanol–water partition coefficient (Wildman–Crippen LogP) is 1.99. The van der Waals surface area contributed by atoms with E-state index in [1.807, 2.05) is 16.8 Å². The summed E-state index contributed by atoms with van der Waals surface area (Å²) in [6.45, 7) is 0. The van der Waals surface area contributed by atoms with Crippen molar-refractivity contribution in [1.82, 2.24) is 0 Å². The second-order valence-corrected chi connectivity index (χ2v) is 2.25. The van der Waals surface area contributed by atoms with E-state index >= 15 is 0 Å². The van der Waals surface area contributed by atoms with Crippen molar-refractivity contribution in [2.45, 2.75) is 0 Å². The molecule has 1 aromatic heterocycles. The summed E-state index contributed by atoms with van der Waals surface area (Å²) >= 11 is 5.39. The Kier molecular flexibility index (Phi) is 2.01. The largest absolute Gasteiger partial charge is 0.151 e. The molecule has 0 radical (unpaired) electrons. The highest BCUT2D eigenvalue weighted by molar-refractivity contribution is 7.85. The summed E-state index contributed by atoms with van der Waals surface area (Å²) in [5, 5.41) is 6.50. The molecule has 1 heterocycles. The van der Waals surface area contributed by atoms with Crippen LogP contribution < -0.4 is 0 Å². The van der Waals surface area contributed by atoms with Gasteiger partial charge in [0.25, 0.3) is 0 Å². The lowest BCUT2D eigenvalue weighted by Crippen LogP contribution is -1.56. The smallest absolute Gasteiger partial charge is 0.0361 e. The molecule has 0 aliphatic heterocycles. The van der Waals surface area contributed by atoms with Crippen molar-refractivity contribution in [2.75, 3.05) is 0 Å². The molecule has 0 aromatic carbocycles. The molecule has 1 rings (SSSR count). The van der Waals surface area contributed by atoms with E-state index in [2.05, 4.69) is 23.8 Å². The van der Waals surface area contributed by atoms with Crippen LogP contribution >= 0.6 is 24.0 Å². The molecule has 40 valence electrons. The van der Waals surface area contributed by atoms with Crippen molar-refractivity contribution in [3.05, 3.63) is 22.4 Å². The van der Waals surface area contributed by atoms with Gasteiger partial charge >= 0.3 is 0 Å². The van der Waals surface area contributed by atoms with Crippen LogP contribution in [0, 0.1) is 11.2 Å². The third kappa shape index (κ3) is 1.29. The second-order valence-electron chi connectivity index (χ2n) is 1.25. The van der Waals surface area contributed by atoms with Gasteiger partial charge in [0.15, 0.2) is 0 Å². The molecule has 0 saturated heterocycles. The van der Waals surface area contributed by atoms with Crippen LogP contribution in [0.2, 0.25) is 0 Å². The standard InChI is InChI=1S/C6H4S2/c7-3-1-6-2-4-8-5-6/h2,4-5,7H. The zero-order chi connectivity index (χ0) is 5.82. The van der Waals surface area contributed by atoms with Gasteiger partial charge < -0.3 is 0 Å². The van der Waals surface area contributed by atoms with E-state index in [9.17, 15) is 0 Å². The number of thiophene rings is 1. The molecule has 0 nitrogen and oxygen atoms in total. The Hall–Kier alpha value is -0.390. The summed E-state index contributed by atoms with van der Waals surface area (Å²) in [6, 6.07) is 1.97. The molecule has 0 unspecified atom stereocenters. The van der Waals surface area contributed by atoms with Crippen LogP contribution in [-0.2, 0) is 0 Å². The normalized spacial score (nSPS) is 7.62. The van der Waals surface area contributed by atoms with Gasteiger partial charge in [0.1, 0.15) is 0 Å². The summed E-state index contributed by atoms with van der Waals surface area (Å²) in [6.07, 6.45) is 0. The SMILES string of the molecule is SC#Cc1ccsc1. The summed E-state index contributed by atoms with van der Waals surface area (Å²) in [5.74, 6) is 2.81. The lowest BCUT2D eigenvalue weighted by molar-refractivity contribution is 1.87. The number of hydrogen-bond donors (Lipinski definition) is 1. The minimum absolute atomic E-state index is 1.05. The van der Waals surface area contributed by atoms with E-state index in [-0.39, 0.29) is 0 Å². The molecule has 1 aromatic rings. The molecule has 2 heteroatoms. The first kappa shape index (κ1) is 5.74. The number of thiol groups is 1. The van der Waals surface area contributed by atoms with E-state index < -0.39 is 0 Å². The second kappa shape index (κ2) is 2.81. The topological polar surface area (TPSA) is 0 Å². The minimum atomic E-state index is 1.05. The molecular weight excluding hydrogens is 136 g/mol. The zero-order valence-electron chi connectivity index (χ0n) is 4.09. The van der Waals surface area contributed by atoms with Crippen LogP contribution in [0.1, 0.15) is 5.56 Å². The molecule has 0 N–H and O–H groups in total. The summed E-state index contributed by atoms with van der Waals surface area (Å²) < 4.78 is 0. The first-order chi connectivity index (χ1) is 3.93. The van der Waals surface area contributed by atoms with E-state index in [1.165, 1.54) is 0 Å². The van der Waals surface area contributed by atoms with E-state index in [0.29, 0.717) is 0 Å². The first-order valence-corrected chi connectivity index (χ1v) is 3.50. The van der Waals surface area contributed by atoms with Gasteiger partial charge in [0.2, 0.25) is 0 Å². The highest BCUT2D eigenvalue weighted by Crippen LogP contribution is 2.02. The predicted molar refractivity (Wildman–Crippen MR) is 40.2 cm³/mol. The highest BCUT2D eigenvalue weighted by atomic mass is 32.1. The average Bonchev–Trinajstić information content (AvgIpc) is 2.19. The average molecular weight is 140 g/mol. The summed E-state index contributed by atoms with van der Waals surface area (Å²) in [5.41, 5.74) is 1.05. The Morgan fingerprint density at radius 1 is 1.62 bits per heavy atom. The van der Waals surface area contributed by atoms with Crippen molar-refractivity contribution in [3.8, 4) is 11.2 Å². The Labute approximate surface area is 58.0 Å². The fourth-order valence-electron chi connectivity index (χ4n) is 0.400. The van der Waals surface area contributed by atoms with Gasteiger partial charge in [-0.15, -0.1) is 0 Å². The van der Waals surface area contributed by atoms with Gasteiger partial charge in [0, 0.05) is 10.9 Å². The van der Waals surface area contributed by atoms with Crippen LogP contribution in [0.3, 0.4) is 0 Å². The zero-order valence-corrected chi connectivity index (χ0v) is 5.80. The maximum Gasteiger partial charge on any atom is 0.0361 e. The van der Waals surface area contributed by atoms with Crippen LogP contribution in [0.15, 0.2) is 16.8 Å². The van der Waals surface area contributed by atoms with Gasteiger partial charge in [-0.3, -0.25) is 0 Å². The minimum Gasteiger partial charge on any atom is -0.151 e. The van der Waals surface area contributed by atoms with Gasteiger partial charge in [-0.05, 0) is 16.7 Å². The first-order valence-electron chi connectivity index (χ1n) is 2.11. The Bertz CT molecular complexity index is 200. The maximum absolute atomic E-state index is 3.75. The molecule has 0 atom stereocenters. The molecule has 0 saturated carbocycles. The van der Waals surface area contributed by atoms with Crippen molar-refractivity contribution < 1.29 is 0 Å². The van der Waals surface area contributed by atoms with Crippen LogP contribution in [0.25, 0.3) is 0 Å². The van der Waals surface area contributed by atoms with Crippen molar-refractivity contribution in [3.63, 3.8) is 0 Å². The summed E-state index contributed by atoms with van der Waals surface area (Å²) in [4.78, 5) is 0. The fourth-order valence-corrected chi connectivity index (χ4v) is 1.12. The molecular formula is C6H4S2. The maximum atomic E-state index is 3.75.